The highest BCUT2D eigenvalue weighted by molar-refractivity contribution is 6.00. The average molecular weight is 301 g/mol. The summed E-state index contributed by atoms with van der Waals surface area (Å²) in [7, 11) is 0. The van der Waals surface area contributed by atoms with Gasteiger partial charge in [-0.25, -0.2) is 0 Å². The standard InChI is InChI=1S/C18H23NO3/c1-6-12-7-8-14-13(9-12)11(2)16(22-14)17(21)19-10-15(20)18(3,4)5/h7-9H,6,10H2,1-5H3,(H,19,21). The Kier molecular flexibility index (Phi) is 4.40. The molecule has 0 aliphatic carbocycles. The van der Waals surface area contributed by atoms with Crippen LogP contribution in [0.4, 0.5) is 0 Å². The van der Waals surface area contributed by atoms with Crippen LogP contribution in [0.1, 0.15) is 49.4 Å². The van der Waals surface area contributed by atoms with E-state index in [0.29, 0.717) is 5.58 Å². The van der Waals surface area contributed by atoms with Crippen LogP contribution in [-0.4, -0.2) is 18.2 Å². The van der Waals surface area contributed by atoms with Crippen LogP contribution in [0.2, 0.25) is 0 Å². The molecule has 22 heavy (non-hydrogen) atoms. The van der Waals surface area contributed by atoms with Gasteiger partial charge in [-0.1, -0.05) is 33.8 Å². The minimum atomic E-state index is -0.466. The molecule has 2 aromatic rings. The van der Waals surface area contributed by atoms with E-state index in [1.807, 2.05) is 45.9 Å². The normalized spacial score (nSPS) is 11.7. The maximum Gasteiger partial charge on any atom is 0.287 e. The molecule has 0 bridgehead atoms. The molecule has 2 rings (SSSR count). The Balaban J connectivity index is 2.22. The Morgan fingerprint density at radius 3 is 2.50 bits per heavy atom. The Labute approximate surface area is 130 Å². The van der Waals surface area contributed by atoms with Gasteiger partial charge in [-0.3, -0.25) is 9.59 Å². The van der Waals surface area contributed by atoms with Crippen molar-refractivity contribution in [1.82, 2.24) is 5.32 Å². The Morgan fingerprint density at radius 2 is 1.91 bits per heavy atom. The molecule has 0 fully saturated rings. The second-order valence-corrected chi connectivity index (χ2v) is 6.60. The summed E-state index contributed by atoms with van der Waals surface area (Å²) in [5, 5.41) is 3.60. The number of aryl methyl sites for hydroxylation is 2. The van der Waals surface area contributed by atoms with Gasteiger partial charge in [-0.2, -0.15) is 0 Å². The zero-order chi connectivity index (χ0) is 16.5. The monoisotopic (exact) mass is 301 g/mol. The highest BCUT2D eigenvalue weighted by Crippen LogP contribution is 2.26. The highest BCUT2D eigenvalue weighted by Gasteiger charge is 2.23. The van der Waals surface area contributed by atoms with Crippen LogP contribution in [0.3, 0.4) is 0 Å². The number of benzene rings is 1. The van der Waals surface area contributed by atoms with Crippen LogP contribution in [0.25, 0.3) is 11.0 Å². The van der Waals surface area contributed by atoms with Crippen molar-refractivity contribution >= 4 is 22.7 Å². The molecule has 1 aromatic carbocycles. The van der Waals surface area contributed by atoms with Gasteiger partial charge in [0, 0.05) is 16.4 Å². The van der Waals surface area contributed by atoms with E-state index in [2.05, 4.69) is 12.2 Å². The van der Waals surface area contributed by atoms with E-state index in [-0.39, 0.29) is 24.0 Å². The predicted molar refractivity (Wildman–Crippen MR) is 87.1 cm³/mol. The van der Waals surface area contributed by atoms with Crippen LogP contribution >= 0.6 is 0 Å². The summed E-state index contributed by atoms with van der Waals surface area (Å²) in [5.74, 6) is -0.0720. The summed E-state index contributed by atoms with van der Waals surface area (Å²) >= 11 is 0. The first-order valence-corrected chi connectivity index (χ1v) is 7.57. The molecule has 118 valence electrons. The minimum absolute atomic E-state index is 0.0112. The van der Waals surface area contributed by atoms with Crippen molar-refractivity contribution in [3.8, 4) is 0 Å². The zero-order valence-electron chi connectivity index (χ0n) is 13.9. The number of Topliss-reactive ketones (excluding diaryl/α,β-unsaturated/α-hetero) is 1. The molecule has 0 radical (unpaired) electrons. The van der Waals surface area contributed by atoms with Gasteiger partial charge in [0.2, 0.25) is 0 Å². The molecular formula is C18H23NO3. The van der Waals surface area contributed by atoms with E-state index in [9.17, 15) is 9.59 Å². The molecule has 1 aromatic heterocycles. The first kappa shape index (κ1) is 16.3. The Bertz CT molecular complexity index is 720. The number of nitrogens with one attached hydrogen (secondary N) is 1. The van der Waals surface area contributed by atoms with Gasteiger partial charge < -0.3 is 9.73 Å². The van der Waals surface area contributed by atoms with Gasteiger partial charge in [0.15, 0.2) is 11.5 Å². The largest absolute Gasteiger partial charge is 0.451 e. The number of furan rings is 1. The van der Waals surface area contributed by atoms with E-state index in [4.69, 9.17) is 4.42 Å². The number of amides is 1. The molecule has 1 amide bonds. The van der Waals surface area contributed by atoms with Crippen LogP contribution in [0.5, 0.6) is 0 Å². The maximum atomic E-state index is 12.3. The lowest BCUT2D eigenvalue weighted by Gasteiger charge is -2.16. The molecule has 1 N–H and O–H groups in total. The molecular weight excluding hydrogens is 278 g/mol. The minimum Gasteiger partial charge on any atom is -0.451 e. The van der Waals surface area contributed by atoms with E-state index >= 15 is 0 Å². The third-order valence-corrected chi connectivity index (χ3v) is 3.86. The number of rotatable bonds is 4. The lowest BCUT2D eigenvalue weighted by Crippen LogP contribution is -2.35. The highest BCUT2D eigenvalue weighted by atomic mass is 16.3. The number of hydrogen-bond donors (Lipinski definition) is 1. The molecule has 0 saturated heterocycles. The number of carbonyl (C=O) groups excluding carboxylic acids is 2. The predicted octanol–water partition coefficient (Wildman–Crippen LogP) is 3.65. The first-order valence-electron chi connectivity index (χ1n) is 7.57. The third kappa shape index (κ3) is 3.21. The number of hydrogen-bond acceptors (Lipinski definition) is 3. The van der Waals surface area contributed by atoms with Gasteiger partial charge in [0.05, 0.1) is 6.54 Å². The maximum absolute atomic E-state index is 12.3. The molecule has 1 heterocycles. The van der Waals surface area contributed by atoms with Gasteiger partial charge >= 0.3 is 0 Å². The summed E-state index contributed by atoms with van der Waals surface area (Å²) in [6, 6.07) is 5.93. The van der Waals surface area contributed by atoms with Crippen LogP contribution in [-0.2, 0) is 11.2 Å². The van der Waals surface area contributed by atoms with Crippen molar-refractivity contribution in [2.24, 2.45) is 5.41 Å². The summed E-state index contributed by atoms with van der Waals surface area (Å²) in [6.45, 7) is 9.47. The molecule has 0 unspecified atom stereocenters. The zero-order valence-corrected chi connectivity index (χ0v) is 13.9. The van der Waals surface area contributed by atoms with Crippen molar-refractivity contribution in [1.29, 1.82) is 0 Å². The molecule has 4 nitrogen and oxygen atoms in total. The number of carbonyl (C=O) groups is 2. The van der Waals surface area contributed by atoms with Crippen molar-refractivity contribution < 1.29 is 14.0 Å². The van der Waals surface area contributed by atoms with Gasteiger partial charge in [-0.05, 0) is 31.0 Å². The van der Waals surface area contributed by atoms with E-state index in [1.54, 1.807) is 0 Å². The van der Waals surface area contributed by atoms with Crippen LogP contribution in [0, 0.1) is 12.3 Å². The Morgan fingerprint density at radius 1 is 1.23 bits per heavy atom. The fraction of sp³-hybridized carbons (Fsp3) is 0.444. The molecule has 4 heteroatoms. The fourth-order valence-electron chi connectivity index (χ4n) is 2.21. The van der Waals surface area contributed by atoms with E-state index in [0.717, 1.165) is 17.4 Å². The summed E-state index contributed by atoms with van der Waals surface area (Å²) in [6.07, 6.45) is 0.933. The lowest BCUT2D eigenvalue weighted by molar-refractivity contribution is -0.125. The third-order valence-electron chi connectivity index (χ3n) is 3.86. The lowest BCUT2D eigenvalue weighted by atomic mass is 9.91. The summed E-state index contributed by atoms with van der Waals surface area (Å²) in [4.78, 5) is 24.2. The second kappa shape index (κ2) is 5.95. The van der Waals surface area contributed by atoms with Crippen molar-refractivity contribution in [3.05, 3.63) is 35.1 Å². The molecule has 0 aliphatic heterocycles. The van der Waals surface area contributed by atoms with Crippen molar-refractivity contribution in [3.63, 3.8) is 0 Å². The second-order valence-electron chi connectivity index (χ2n) is 6.60. The fourth-order valence-corrected chi connectivity index (χ4v) is 2.21. The summed E-state index contributed by atoms with van der Waals surface area (Å²) < 4.78 is 5.65. The Hall–Kier alpha value is -2.10. The SMILES string of the molecule is CCc1ccc2oc(C(=O)NCC(=O)C(C)(C)C)c(C)c2c1. The molecule has 0 spiro atoms. The molecule has 0 saturated carbocycles. The smallest absolute Gasteiger partial charge is 0.287 e. The molecule has 0 aliphatic rings. The molecule has 0 atom stereocenters. The van der Waals surface area contributed by atoms with E-state index in [1.165, 1.54) is 5.56 Å². The van der Waals surface area contributed by atoms with Gasteiger partial charge in [0.25, 0.3) is 5.91 Å². The van der Waals surface area contributed by atoms with Crippen LogP contribution < -0.4 is 5.32 Å². The van der Waals surface area contributed by atoms with Crippen molar-refractivity contribution in [2.45, 2.75) is 41.0 Å². The van der Waals surface area contributed by atoms with Crippen LogP contribution in [0.15, 0.2) is 22.6 Å². The quantitative estimate of drug-likeness (QED) is 0.937. The van der Waals surface area contributed by atoms with Gasteiger partial charge in [-0.15, -0.1) is 0 Å². The van der Waals surface area contributed by atoms with Gasteiger partial charge in [0.1, 0.15) is 5.58 Å². The number of fused-ring (bicyclic) bond motifs is 1. The number of ketones is 1. The topological polar surface area (TPSA) is 59.3 Å². The van der Waals surface area contributed by atoms with Crippen molar-refractivity contribution in [2.75, 3.05) is 6.54 Å². The van der Waals surface area contributed by atoms with E-state index < -0.39 is 5.41 Å². The average Bonchev–Trinajstić information content (AvgIpc) is 2.80. The first-order chi connectivity index (χ1) is 10.2. The summed E-state index contributed by atoms with van der Waals surface area (Å²) in [5.41, 5.74) is 2.24.